The Morgan fingerprint density at radius 3 is 2.17 bits per heavy atom. The van der Waals surface area contributed by atoms with Crippen LogP contribution < -0.4 is 14.2 Å². The van der Waals surface area contributed by atoms with Crippen LogP contribution in [0.1, 0.15) is 46.3 Å². The van der Waals surface area contributed by atoms with Crippen LogP contribution in [0.4, 0.5) is 13.2 Å². The van der Waals surface area contributed by atoms with Crippen molar-refractivity contribution in [1.29, 1.82) is 0 Å². The zero-order valence-corrected chi connectivity index (χ0v) is 29.7. The van der Waals surface area contributed by atoms with Crippen molar-refractivity contribution in [3.8, 4) is 17.2 Å². The lowest BCUT2D eigenvalue weighted by atomic mass is 9.90. The van der Waals surface area contributed by atoms with E-state index >= 15 is 13.2 Å². The Hall–Kier alpha value is -4.79. The average Bonchev–Trinajstić information content (AvgIpc) is 3.52. The number of methoxy groups -OCH3 is 2. The smallest absolute Gasteiger partial charge is 0.422 e. The van der Waals surface area contributed by atoms with Gasteiger partial charge in [0.1, 0.15) is 6.10 Å². The maximum atomic E-state index is 15.2. The molecule has 2 N–H and O–H groups in total. The SMILES string of the molecule is COc1cc(CCC(=O)O)cc(OC)c1OC1CCN(CC(O)(c2cn(Cc3ccccc3)c3cc(C(=O)N4CCOCC4)ccc23)C(F)(F)F)CC1. The number of hydrogen-bond acceptors (Lipinski definition) is 8. The van der Waals surface area contributed by atoms with E-state index in [2.05, 4.69) is 0 Å². The van der Waals surface area contributed by atoms with E-state index in [1.807, 2.05) is 30.3 Å². The number of carboxylic acid groups (broad SMARTS) is 1. The lowest BCUT2D eigenvalue weighted by Crippen LogP contribution is -2.53. The van der Waals surface area contributed by atoms with Crippen LogP contribution in [0.2, 0.25) is 0 Å². The van der Waals surface area contributed by atoms with Crippen molar-refractivity contribution >= 4 is 22.8 Å². The van der Waals surface area contributed by atoms with E-state index < -0.39 is 24.3 Å². The summed E-state index contributed by atoms with van der Waals surface area (Å²) in [5.74, 6) is -0.113. The second-order valence-electron chi connectivity index (χ2n) is 13.5. The number of carboxylic acids is 1. The number of morpholine rings is 1. The first-order chi connectivity index (χ1) is 25.4. The topological polar surface area (TPSA) is 123 Å². The van der Waals surface area contributed by atoms with Crippen LogP contribution in [0, 0.1) is 0 Å². The number of rotatable bonds is 13. The summed E-state index contributed by atoms with van der Waals surface area (Å²) >= 11 is 0. The third-order valence-corrected chi connectivity index (χ3v) is 9.96. The monoisotopic (exact) mass is 739 g/mol. The molecule has 1 amide bonds. The summed E-state index contributed by atoms with van der Waals surface area (Å²) in [4.78, 5) is 27.7. The van der Waals surface area contributed by atoms with Gasteiger partial charge in [-0.25, -0.2) is 0 Å². The fourth-order valence-corrected chi connectivity index (χ4v) is 7.06. The third-order valence-electron chi connectivity index (χ3n) is 9.96. The maximum absolute atomic E-state index is 15.2. The molecule has 0 saturated carbocycles. The highest BCUT2D eigenvalue weighted by Crippen LogP contribution is 2.45. The van der Waals surface area contributed by atoms with Crippen LogP contribution in [-0.4, -0.2) is 109 Å². The number of aromatic nitrogens is 1. The molecule has 53 heavy (non-hydrogen) atoms. The van der Waals surface area contributed by atoms with Crippen molar-refractivity contribution in [3.05, 3.63) is 89.1 Å². The molecule has 3 heterocycles. The first-order valence-electron chi connectivity index (χ1n) is 17.6. The highest BCUT2D eigenvalue weighted by molar-refractivity contribution is 5.99. The summed E-state index contributed by atoms with van der Waals surface area (Å²) in [5, 5.41) is 21.1. The minimum absolute atomic E-state index is 0.0710. The Bertz CT molecular complexity index is 1880. The molecule has 3 aromatic carbocycles. The highest BCUT2D eigenvalue weighted by Gasteiger charge is 2.57. The molecule has 0 aliphatic carbocycles. The van der Waals surface area contributed by atoms with Crippen LogP contribution in [-0.2, 0) is 28.1 Å². The summed E-state index contributed by atoms with van der Waals surface area (Å²) in [5.41, 5.74) is -1.21. The number of ether oxygens (including phenoxy) is 4. The van der Waals surface area contributed by atoms with Crippen molar-refractivity contribution in [2.75, 3.05) is 60.2 Å². The molecule has 2 aliphatic rings. The zero-order chi connectivity index (χ0) is 37.8. The average molecular weight is 740 g/mol. The molecule has 2 fully saturated rings. The van der Waals surface area contributed by atoms with Gasteiger partial charge < -0.3 is 38.6 Å². The lowest BCUT2D eigenvalue weighted by molar-refractivity contribution is -0.272. The van der Waals surface area contributed by atoms with Crippen molar-refractivity contribution in [1.82, 2.24) is 14.4 Å². The van der Waals surface area contributed by atoms with Crippen LogP contribution in [0.15, 0.2) is 66.9 Å². The van der Waals surface area contributed by atoms with Crippen molar-refractivity contribution in [2.24, 2.45) is 0 Å². The van der Waals surface area contributed by atoms with Gasteiger partial charge in [0.25, 0.3) is 5.91 Å². The molecule has 2 saturated heterocycles. The van der Waals surface area contributed by atoms with Crippen LogP contribution in [0.5, 0.6) is 17.2 Å². The Morgan fingerprint density at radius 1 is 0.906 bits per heavy atom. The Balaban J connectivity index is 1.25. The number of carbonyl (C=O) groups excluding carboxylic acids is 1. The molecule has 4 aromatic rings. The Morgan fingerprint density at radius 2 is 1.57 bits per heavy atom. The minimum Gasteiger partial charge on any atom is -0.493 e. The van der Waals surface area contributed by atoms with Gasteiger partial charge in [-0.15, -0.1) is 0 Å². The standard InChI is InChI=1S/C39H44F3N3O8/c1-50-33-20-27(8-11-35(46)47)21-34(51-2)36(33)53-29-12-14-43(15-13-29)25-38(49,39(40,41)42)31-24-45(23-26-6-4-3-5-7-26)32-22-28(9-10-30(31)32)37(48)44-16-18-52-19-17-44/h3-7,9-10,20-22,24,29,49H,8,11-19,23,25H2,1-2H3,(H,46,47). The first kappa shape index (κ1) is 38.0. The van der Waals surface area contributed by atoms with Crippen LogP contribution in [0.25, 0.3) is 10.9 Å². The number of fused-ring (bicyclic) bond motifs is 1. The quantitative estimate of drug-likeness (QED) is 0.183. The second kappa shape index (κ2) is 16.1. The minimum atomic E-state index is -5.03. The van der Waals surface area contributed by atoms with E-state index in [4.69, 9.17) is 24.1 Å². The fourth-order valence-electron chi connectivity index (χ4n) is 7.06. The number of aliphatic carboxylic acids is 1. The van der Waals surface area contributed by atoms with Gasteiger partial charge in [0.2, 0.25) is 11.4 Å². The van der Waals surface area contributed by atoms with Crippen molar-refractivity contribution in [2.45, 2.75) is 50.1 Å². The number of likely N-dealkylation sites (tertiary alicyclic amines) is 1. The van der Waals surface area contributed by atoms with Gasteiger partial charge in [0.05, 0.1) is 27.4 Å². The molecule has 0 radical (unpaired) electrons. The molecular weight excluding hydrogens is 695 g/mol. The maximum Gasteiger partial charge on any atom is 0.422 e. The number of amides is 1. The van der Waals surface area contributed by atoms with Gasteiger partial charge in [0.15, 0.2) is 11.5 Å². The number of piperidine rings is 1. The number of hydrogen-bond donors (Lipinski definition) is 2. The third kappa shape index (κ3) is 8.40. The zero-order valence-electron chi connectivity index (χ0n) is 29.7. The van der Waals surface area contributed by atoms with Gasteiger partial charge in [0, 0.05) is 73.9 Å². The summed E-state index contributed by atoms with van der Waals surface area (Å²) < 4.78 is 69.9. The van der Waals surface area contributed by atoms with Gasteiger partial charge >= 0.3 is 12.1 Å². The lowest BCUT2D eigenvalue weighted by Gasteiger charge is -2.39. The molecule has 1 atom stereocenters. The highest BCUT2D eigenvalue weighted by atomic mass is 19.4. The summed E-state index contributed by atoms with van der Waals surface area (Å²) in [6.45, 7) is 1.63. The summed E-state index contributed by atoms with van der Waals surface area (Å²) in [7, 11) is 2.92. The molecule has 1 aromatic heterocycles. The van der Waals surface area contributed by atoms with E-state index in [1.165, 1.54) is 32.5 Å². The number of aryl methyl sites for hydroxylation is 1. The predicted octanol–water partition coefficient (Wildman–Crippen LogP) is 5.49. The van der Waals surface area contributed by atoms with Gasteiger partial charge in [-0.1, -0.05) is 36.4 Å². The predicted molar refractivity (Wildman–Crippen MR) is 190 cm³/mol. The first-order valence-corrected chi connectivity index (χ1v) is 17.6. The number of benzene rings is 3. The molecular formula is C39H44F3N3O8. The molecule has 1 unspecified atom stereocenters. The van der Waals surface area contributed by atoms with Crippen LogP contribution >= 0.6 is 0 Å². The summed E-state index contributed by atoms with van der Waals surface area (Å²) in [6.07, 6.45) is -3.12. The van der Waals surface area contributed by atoms with Crippen molar-refractivity contribution < 1.29 is 51.9 Å². The Labute approximate surface area is 305 Å². The van der Waals surface area contributed by atoms with E-state index in [9.17, 15) is 14.7 Å². The second-order valence-corrected chi connectivity index (χ2v) is 13.5. The Kier molecular flexibility index (Phi) is 11.5. The van der Waals surface area contributed by atoms with Crippen LogP contribution in [0.3, 0.4) is 0 Å². The molecule has 284 valence electrons. The number of alkyl halides is 3. The van der Waals surface area contributed by atoms with Gasteiger partial charge in [-0.05, 0) is 54.7 Å². The van der Waals surface area contributed by atoms with E-state index in [0.29, 0.717) is 73.0 Å². The number of aliphatic hydroxyl groups is 1. The normalized spacial score (nSPS) is 17.1. The van der Waals surface area contributed by atoms with Gasteiger partial charge in [-0.3, -0.25) is 14.5 Å². The molecule has 0 bridgehead atoms. The van der Waals surface area contributed by atoms with Gasteiger partial charge in [-0.2, -0.15) is 13.2 Å². The van der Waals surface area contributed by atoms with E-state index in [-0.39, 0.29) is 55.4 Å². The number of nitrogens with zero attached hydrogens (tertiary/aromatic N) is 3. The fraction of sp³-hybridized carbons (Fsp3) is 0.436. The molecule has 2 aliphatic heterocycles. The van der Waals surface area contributed by atoms with E-state index in [0.717, 1.165) is 5.56 Å². The molecule has 14 heteroatoms. The van der Waals surface area contributed by atoms with Crippen molar-refractivity contribution in [3.63, 3.8) is 0 Å². The van der Waals surface area contributed by atoms with E-state index in [1.54, 1.807) is 32.6 Å². The molecule has 6 rings (SSSR count). The number of β-amino-alcohol motifs (C(OH)–C–C–N with tert-alkyl or cyclic N) is 1. The molecule has 11 nitrogen and oxygen atoms in total. The summed E-state index contributed by atoms with van der Waals surface area (Å²) in [6, 6.07) is 17.3. The number of halogens is 3. The number of carbonyl (C=O) groups is 2. The molecule has 0 spiro atoms. The largest absolute Gasteiger partial charge is 0.493 e.